The average Bonchev–Trinajstić information content (AvgIpc) is 2.94. The molecule has 0 saturated carbocycles. The van der Waals surface area contributed by atoms with Crippen LogP contribution in [0.2, 0.25) is 0 Å². The van der Waals surface area contributed by atoms with E-state index in [1.165, 1.54) is 4.70 Å². The van der Waals surface area contributed by atoms with E-state index in [0.717, 1.165) is 16.5 Å². The van der Waals surface area contributed by atoms with Crippen LogP contribution >= 0.6 is 11.3 Å². The highest BCUT2D eigenvalue weighted by Crippen LogP contribution is 2.27. The van der Waals surface area contributed by atoms with Gasteiger partial charge in [-0.2, -0.15) is 0 Å². The summed E-state index contributed by atoms with van der Waals surface area (Å²) in [6.45, 7) is 2.05. The topological polar surface area (TPSA) is 55.6 Å². The summed E-state index contributed by atoms with van der Waals surface area (Å²) in [7, 11) is 1.94. The number of benzene rings is 1. The molecule has 0 saturated heterocycles. The monoisotopic (exact) mass is 259 g/mol. The number of fused-ring (bicyclic) bond motifs is 1. The Morgan fingerprint density at radius 3 is 2.89 bits per heavy atom. The third kappa shape index (κ3) is 1.95. The van der Waals surface area contributed by atoms with E-state index >= 15 is 0 Å². The Balaban J connectivity index is 1.86. The molecule has 0 aliphatic heterocycles. The fourth-order valence-corrected chi connectivity index (χ4v) is 2.82. The van der Waals surface area contributed by atoms with Crippen molar-refractivity contribution in [2.45, 2.75) is 13.0 Å². The molecule has 6 heteroatoms. The molecule has 3 rings (SSSR count). The van der Waals surface area contributed by atoms with Crippen molar-refractivity contribution in [1.82, 2.24) is 19.7 Å². The number of anilines is 1. The highest BCUT2D eigenvalue weighted by atomic mass is 32.1. The second kappa shape index (κ2) is 4.38. The van der Waals surface area contributed by atoms with Crippen LogP contribution in [-0.4, -0.2) is 19.7 Å². The average molecular weight is 259 g/mol. The Labute approximate surface area is 109 Å². The van der Waals surface area contributed by atoms with Crippen LogP contribution in [-0.2, 0) is 7.05 Å². The number of nitrogens with zero attached hydrogens (tertiary/aromatic N) is 4. The third-order valence-electron chi connectivity index (χ3n) is 2.77. The van der Waals surface area contributed by atoms with Crippen LogP contribution < -0.4 is 5.32 Å². The lowest BCUT2D eigenvalue weighted by Crippen LogP contribution is -2.11. The van der Waals surface area contributed by atoms with Gasteiger partial charge < -0.3 is 9.88 Å². The maximum absolute atomic E-state index is 4.54. The first-order valence-corrected chi connectivity index (χ1v) is 6.51. The van der Waals surface area contributed by atoms with E-state index in [4.69, 9.17) is 0 Å². The molecule has 0 spiro atoms. The molecule has 0 radical (unpaired) electrons. The smallest absolute Gasteiger partial charge is 0.184 e. The summed E-state index contributed by atoms with van der Waals surface area (Å²) in [5.74, 6) is 0.897. The first-order valence-electron chi connectivity index (χ1n) is 5.70. The maximum atomic E-state index is 4.54. The van der Waals surface area contributed by atoms with E-state index in [-0.39, 0.29) is 6.04 Å². The van der Waals surface area contributed by atoms with Gasteiger partial charge in [0, 0.05) is 7.05 Å². The van der Waals surface area contributed by atoms with Gasteiger partial charge in [-0.25, -0.2) is 4.98 Å². The molecule has 0 aliphatic rings. The molecule has 3 aromatic rings. The normalized spacial score (nSPS) is 12.8. The number of thiazole rings is 1. The van der Waals surface area contributed by atoms with Gasteiger partial charge in [0.05, 0.1) is 16.3 Å². The summed E-state index contributed by atoms with van der Waals surface area (Å²) in [5.41, 5.74) is 1.02. The summed E-state index contributed by atoms with van der Waals surface area (Å²) in [5, 5.41) is 12.2. The fourth-order valence-electron chi connectivity index (χ4n) is 1.87. The minimum Gasteiger partial charge on any atom is -0.352 e. The molecule has 0 bridgehead atoms. The van der Waals surface area contributed by atoms with Crippen molar-refractivity contribution in [3.8, 4) is 0 Å². The number of aromatic nitrogens is 4. The summed E-state index contributed by atoms with van der Waals surface area (Å²) in [6.07, 6.45) is 1.70. The summed E-state index contributed by atoms with van der Waals surface area (Å²) in [6, 6.07) is 8.20. The van der Waals surface area contributed by atoms with Gasteiger partial charge in [-0.05, 0) is 19.1 Å². The van der Waals surface area contributed by atoms with E-state index in [2.05, 4.69) is 33.5 Å². The SMILES string of the molecule is CC(Nc1nc2ccccc2s1)c1nncn1C. The lowest BCUT2D eigenvalue weighted by molar-refractivity contribution is 0.719. The molecule has 2 aromatic heterocycles. The number of rotatable bonds is 3. The van der Waals surface area contributed by atoms with Crippen LogP contribution in [0.25, 0.3) is 10.2 Å². The van der Waals surface area contributed by atoms with Crippen LogP contribution in [0.15, 0.2) is 30.6 Å². The Morgan fingerprint density at radius 2 is 2.17 bits per heavy atom. The van der Waals surface area contributed by atoms with Crippen molar-refractivity contribution in [3.05, 3.63) is 36.4 Å². The van der Waals surface area contributed by atoms with Crippen molar-refractivity contribution in [3.63, 3.8) is 0 Å². The maximum Gasteiger partial charge on any atom is 0.184 e. The second-order valence-corrected chi connectivity index (χ2v) is 5.18. The molecule has 0 aliphatic carbocycles. The van der Waals surface area contributed by atoms with Crippen molar-refractivity contribution in [1.29, 1.82) is 0 Å². The standard InChI is InChI=1S/C12H13N5S/c1-8(11-16-13-7-17(11)2)14-12-15-9-5-3-4-6-10(9)18-12/h3-8H,1-2H3,(H,14,15). The molecule has 18 heavy (non-hydrogen) atoms. The molecular weight excluding hydrogens is 246 g/mol. The number of aryl methyl sites for hydroxylation is 1. The number of para-hydroxylation sites is 1. The molecule has 5 nitrogen and oxygen atoms in total. The highest BCUT2D eigenvalue weighted by molar-refractivity contribution is 7.22. The Bertz CT molecular complexity index is 639. The molecular formula is C12H13N5S. The van der Waals surface area contributed by atoms with Gasteiger partial charge in [0.2, 0.25) is 0 Å². The van der Waals surface area contributed by atoms with Gasteiger partial charge in [-0.15, -0.1) is 10.2 Å². The molecule has 1 aromatic carbocycles. The molecule has 0 amide bonds. The fraction of sp³-hybridized carbons (Fsp3) is 0.250. The van der Waals surface area contributed by atoms with Gasteiger partial charge in [0.15, 0.2) is 11.0 Å². The van der Waals surface area contributed by atoms with E-state index < -0.39 is 0 Å². The predicted octanol–water partition coefficient (Wildman–Crippen LogP) is 2.60. The number of nitrogens with one attached hydrogen (secondary N) is 1. The van der Waals surface area contributed by atoms with E-state index in [1.54, 1.807) is 17.7 Å². The first-order chi connectivity index (χ1) is 8.74. The lowest BCUT2D eigenvalue weighted by atomic mass is 10.3. The minimum atomic E-state index is 0.0815. The molecule has 1 atom stereocenters. The highest BCUT2D eigenvalue weighted by Gasteiger charge is 2.13. The second-order valence-electron chi connectivity index (χ2n) is 4.15. The largest absolute Gasteiger partial charge is 0.352 e. The molecule has 1 N–H and O–H groups in total. The Kier molecular flexibility index (Phi) is 2.71. The molecule has 2 heterocycles. The van der Waals surface area contributed by atoms with Crippen LogP contribution in [0.1, 0.15) is 18.8 Å². The van der Waals surface area contributed by atoms with Crippen LogP contribution in [0.5, 0.6) is 0 Å². The quantitative estimate of drug-likeness (QED) is 0.785. The first kappa shape index (κ1) is 11.2. The van der Waals surface area contributed by atoms with Crippen molar-refractivity contribution in [2.24, 2.45) is 7.05 Å². The zero-order chi connectivity index (χ0) is 12.5. The van der Waals surface area contributed by atoms with Gasteiger partial charge in [-0.3, -0.25) is 0 Å². The molecule has 0 fully saturated rings. The molecule has 1 unspecified atom stereocenters. The lowest BCUT2D eigenvalue weighted by Gasteiger charge is -2.11. The summed E-state index contributed by atoms with van der Waals surface area (Å²) in [4.78, 5) is 4.54. The Hall–Kier alpha value is -1.95. The summed E-state index contributed by atoms with van der Waals surface area (Å²) >= 11 is 1.65. The van der Waals surface area contributed by atoms with Crippen LogP contribution in [0.4, 0.5) is 5.13 Å². The van der Waals surface area contributed by atoms with Crippen molar-refractivity contribution >= 4 is 26.7 Å². The van der Waals surface area contributed by atoms with Gasteiger partial charge in [-0.1, -0.05) is 23.5 Å². The van der Waals surface area contributed by atoms with Gasteiger partial charge >= 0.3 is 0 Å². The third-order valence-corrected chi connectivity index (χ3v) is 3.74. The minimum absolute atomic E-state index is 0.0815. The molecule has 92 valence electrons. The number of hydrogen-bond donors (Lipinski definition) is 1. The van der Waals surface area contributed by atoms with Crippen LogP contribution in [0.3, 0.4) is 0 Å². The summed E-state index contributed by atoms with van der Waals surface area (Å²) < 4.78 is 3.09. The zero-order valence-electron chi connectivity index (χ0n) is 10.2. The van der Waals surface area contributed by atoms with E-state index in [1.807, 2.05) is 29.8 Å². The van der Waals surface area contributed by atoms with Crippen LogP contribution in [0, 0.1) is 0 Å². The van der Waals surface area contributed by atoms with Gasteiger partial charge in [0.25, 0.3) is 0 Å². The predicted molar refractivity (Wildman–Crippen MR) is 72.7 cm³/mol. The number of hydrogen-bond acceptors (Lipinski definition) is 5. The van der Waals surface area contributed by atoms with Crippen molar-refractivity contribution < 1.29 is 0 Å². The van der Waals surface area contributed by atoms with Crippen molar-refractivity contribution in [2.75, 3.05) is 5.32 Å². The Morgan fingerprint density at radius 1 is 1.33 bits per heavy atom. The van der Waals surface area contributed by atoms with E-state index in [0.29, 0.717) is 0 Å². The zero-order valence-corrected chi connectivity index (χ0v) is 11.0. The van der Waals surface area contributed by atoms with Gasteiger partial charge in [0.1, 0.15) is 6.33 Å². The van der Waals surface area contributed by atoms with E-state index in [9.17, 15) is 0 Å².